The highest BCUT2D eigenvalue weighted by Gasteiger charge is 2.51. The molecule has 2 aromatic heterocycles. The normalized spacial score (nSPS) is 20.8. The quantitative estimate of drug-likeness (QED) is 0.291. The van der Waals surface area contributed by atoms with Crippen LogP contribution < -0.4 is 10.2 Å². The lowest BCUT2D eigenvalue weighted by atomic mass is 9.91. The van der Waals surface area contributed by atoms with Crippen molar-refractivity contribution in [3.63, 3.8) is 0 Å². The summed E-state index contributed by atoms with van der Waals surface area (Å²) in [7, 11) is 0. The third-order valence-electron chi connectivity index (χ3n) is 7.78. The maximum absolute atomic E-state index is 14.3. The van der Waals surface area contributed by atoms with E-state index in [0.717, 1.165) is 45.7 Å². The van der Waals surface area contributed by atoms with Gasteiger partial charge in [-0.1, -0.05) is 30.3 Å². The molecule has 1 aliphatic carbocycles. The van der Waals surface area contributed by atoms with Crippen molar-refractivity contribution in [2.24, 2.45) is 11.8 Å². The molecule has 1 N–H and O–H groups in total. The van der Waals surface area contributed by atoms with E-state index in [2.05, 4.69) is 15.4 Å². The van der Waals surface area contributed by atoms with Crippen molar-refractivity contribution < 1.29 is 14.0 Å². The zero-order valence-electron chi connectivity index (χ0n) is 21.5. The Kier molecular flexibility index (Phi) is 6.15. The van der Waals surface area contributed by atoms with E-state index < -0.39 is 12.0 Å². The number of nitrogens with one attached hydrogen (secondary N) is 1. The molecule has 1 saturated heterocycles. The molecule has 2 fully saturated rings. The molecule has 9 heteroatoms. The number of hydrogen-bond acceptors (Lipinski definition) is 5. The monoisotopic (exact) mass is 551 g/mol. The van der Waals surface area contributed by atoms with Gasteiger partial charge >= 0.3 is 0 Å². The molecule has 7 rings (SSSR count). The van der Waals surface area contributed by atoms with Gasteiger partial charge in [-0.3, -0.25) is 9.59 Å². The molecule has 0 bridgehead atoms. The van der Waals surface area contributed by atoms with Gasteiger partial charge in [-0.25, -0.2) is 14.1 Å². The molecule has 3 heterocycles. The van der Waals surface area contributed by atoms with Gasteiger partial charge in [0.05, 0.1) is 40.4 Å². The Hall–Kier alpha value is -4.37. The number of amides is 2. The molecule has 0 radical (unpaired) electrons. The summed E-state index contributed by atoms with van der Waals surface area (Å²) in [6, 6.07) is 21.1. The van der Waals surface area contributed by atoms with Gasteiger partial charge < -0.3 is 10.2 Å². The molecule has 1 aliphatic heterocycles. The second-order valence-corrected chi connectivity index (χ2v) is 11.4. The van der Waals surface area contributed by atoms with Crippen molar-refractivity contribution in [1.82, 2.24) is 20.1 Å². The summed E-state index contributed by atoms with van der Waals surface area (Å²) in [4.78, 5) is 33.6. The molecule has 2 aliphatic rings. The number of carbonyl (C=O) groups is 2. The molecular formula is C31H26FN5O2S. The van der Waals surface area contributed by atoms with Crippen LogP contribution in [0.1, 0.15) is 29.5 Å². The molecule has 1 saturated carbocycles. The minimum atomic E-state index is -0.461. The number of aromatic nitrogens is 3. The van der Waals surface area contributed by atoms with Crippen LogP contribution in [0.4, 0.5) is 10.1 Å². The lowest BCUT2D eigenvalue weighted by Crippen LogP contribution is -2.43. The predicted octanol–water partition coefficient (Wildman–Crippen LogP) is 5.46. The number of nitrogens with zero attached hydrogens (tertiary/aromatic N) is 4. The van der Waals surface area contributed by atoms with E-state index in [4.69, 9.17) is 0 Å². The van der Waals surface area contributed by atoms with E-state index in [1.165, 1.54) is 23.5 Å². The van der Waals surface area contributed by atoms with Gasteiger partial charge in [0, 0.05) is 35.0 Å². The van der Waals surface area contributed by atoms with Crippen LogP contribution in [0.15, 0.2) is 90.6 Å². The molecule has 2 amide bonds. The topological polar surface area (TPSA) is 80.1 Å². The summed E-state index contributed by atoms with van der Waals surface area (Å²) in [5.41, 5.74) is 3.28. The second-order valence-electron chi connectivity index (χ2n) is 10.4. The van der Waals surface area contributed by atoms with E-state index in [9.17, 15) is 14.0 Å². The van der Waals surface area contributed by atoms with Gasteiger partial charge in [0.15, 0.2) is 0 Å². The van der Waals surface area contributed by atoms with Crippen molar-refractivity contribution >= 4 is 39.7 Å². The van der Waals surface area contributed by atoms with Gasteiger partial charge in [0.1, 0.15) is 5.82 Å². The smallest absolute Gasteiger partial charge is 0.233 e. The Morgan fingerprint density at radius 3 is 2.52 bits per heavy atom. The van der Waals surface area contributed by atoms with Crippen LogP contribution in [-0.2, 0) is 16.0 Å². The van der Waals surface area contributed by atoms with Crippen molar-refractivity contribution in [2.75, 3.05) is 4.90 Å². The standard InChI is InChI=1S/C31H26FN5O2S/c32-22-8-10-23(11-9-22)37-26-13-12-24(16-21(26)18-34-37)36-29(19-4-2-1-3-5-19)28(35-30(38)20-6-7-20)25(31(36)39)17-27-33-14-15-40-27/h1-5,8-16,18,20,25,28-29H,6-7,17H2,(H,35,38)/t25-,28+,29-/m1/s1. The molecule has 40 heavy (non-hydrogen) atoms. The number of hydrogen-bond donors (Lipinski definition) is 1. The lowest BCUT2D eigenvalue weighted by Gasteiger charge is -2.29. The summed E-state index contributed by atoms with van der Waals surface area (Å²) in [5, 5.41) is 11.4. The summed E-state index contributed by atoms with van der Waals surface area (Å²) in [6.45, 7) is 0. The van der Waals surface area contributed by atoms with Crippen LogP contribution in [0, 0.1) is 17.7 Å². The van der Waals surface area contributed by atoms with Gasteiger partial charge in [-0.15, -0.1) is 11.3 Å². The minimum absolute atomic E-state index is 0.0146. The van der Waals surface area contributed by atoms with Crippen LogP contribution >= 0.6 is 11.3 Å². The van der Waals surface area contributed by atoms with Gasteiger partial charge in [0.25, 0.3) is 0 Å². The first-order valence-electron chi connectivity index (χ1n) is 13.4. The van der Waals surface area contributed by atoms with Crippen LogP contribution in [-0.4, -0.2) is 32.6 Å². The average molecular weight is 552 g/mol. The van der Waals surface area contributed by atoms with Crippen molar-refractivity contribution in [2.45, 2.75) is 31.3 Å². The summed E-state index contributed by atoms with van der Waals surface area (Å²) in [6.07, 6.45) is 5.73. The van der Waals surface area contributed by atoms with Crippen molar-refractivity contribution in [3.05, 3.63) is 107 Å². The van der Waals surface area contributed by atoms with Crippen molar-refractivity contribution in [1.29, 1.82) is 0 Å². The third kappa shape index (κ3) is 4.46. The molecule has 7 nitrogen and oxygen atoms in total. The predicted molar refractivity (Wildman–Crippen MR) is 152 cm³/mol. The minimum Gasteiger partial charge on any atom is -0.350 e. The number of anilines is 1. The molecule has 200 valence electrons. The largest absolute Gasteiger partial charge is 0.350 e. The van der Waals surface area contributed by atoms with Gasteiger partial charge in [-0.05, 0) is 60.9 Å². The Balaban J connectivity index is 1.31. The highest BCUT2D eigenvalue weighted by Crippen LogP contribution is 2.43. The highest BCUT2D eigenvalue weighted by molar-refractivity contribution is 7.09. The van der Waals surface area contributed by atoms with E-state index in [1.54, 1.807) is 29.2 Å². The maximum atomic E-state index is 14.3. The molecule has 0 spiro atoms. The van der Waals surface area contributed by atoms with Gasteiger partial charge in [0.2, 0.25) is 11.8 Å². The van der Waals surface area contributed by atoms with E-state index in [1.807, 2.05) is 58.8 Å². The fraction of sp³-hybridized carbons (Fsp3) is 0.226. The summed E-state index contributed by atoms with van der Waals surface area (Å²) in [5.74, 6) is -0.778. The SMILES string of the molecule is O=C(N[C@@H]1[C@@H](c2ccccc2)N(c2ccc3c(cnn3-c3ccc(F)cc3)c2)C(=O)[C@@H]1Cc1nccs1)C1CC1. The zero-order valence-corrected chi connectivity index (χ0v) is 22.3. The van der Waals surface area contributed by atoms with Gasteiger partial charge in [-0.2, -0.15) is 5.10 Å². The second kappa shape index (κ2) is 9.98. The number of benzene rings is 3. The van der Waals surface area contributed by atoms with E-state index >= 15 is 0 Å². The summed E-state index contributed by atoms with van der Waals surface area (Å²) < 4.78 is 15.2. The maximum Gasteiger partial charge on any atom is 0.233 e. The first-order valence-corrected chi connectivity index (χ1v) is 14.3. The third-order valence-corrected chi connectivity index (χ3v) is 8.59. The van der Waals surface area contributed by atoms with Crippen molar-refractivity contribution in [3.8, 4) is 5.69 Å². The number of fused-ring (bicyclic) bond motifs is 1. The van der Waals surface area contributed by atoms with Crippen LogP contribution in [0.2, 0.25) is 0 Å². The van der Waals surface area contributed by atoms with Crippen LogP contribution in [0.25, 0.3) is 16.6 Å². The van der Waals surface area contributed by atoms with Crippen LogP contribution in [0.5, 0.6) is 0 Å². The fourth-order valence-corrected chi connectivity index (χ4v) is 6.34. The molecule has 3 atom stereocenters. The molecule has 3 aromatic carbocycles. The highest BCUT2D eigenvalue weighted by atomic mass is 32.1. The Morgan fingerprint density at radius 1 is 1.02 bits per heavy atom. The molecule has 0 unspecified atom stereocenters. The first kappa shape index (κ1) is 24.7. The van der Waals surface area contributed by atoms with E-state index in [0.29, 0.717) is 6.42 Å². The Morgan fingerprint density at radius 2 is 1.80 bits per heavy atom. The molecule has 5 aromatic rings. The number of thiazole rings is 1. The first-order chi connectivity index (χ1) is 19.6. The number of carbonyl (C=O) groups excluding carboxylic acids is 2. The lowest BCUT2D eigenvalue weighted by molar-refractivity contribution is -0.124. The Labute approximate surface area is 234 Å². The average Bonchev–Trinajstić information content (AvgIpc) is 3.44. The fourth-order valence-electron chi connectivity index (χ4n) is 5.67. The Bertz CT molecular complexity index is 1680. The zero-order chi connectivity index (χ0) is 27.2. The summed E-state index contributed by atoms with van der Waals surface area (Å²) >= 11 is 1.52. The molecular weight excluding hydrogens is 525 g/mol. The number of halogens is 1. The van der Waals surface area contributed by atoms with E-state index in [-0.39, 0.29) is 29.6 Å². The number of rotatable bonds is 7. The van der Waals surface area contributed by atoms with Crippen LogP contribution in [0.3, 0.4) is 0 Å².